The maximum Gasteiger partial charge on any atom is 0.404 e. The molecule has 1 unspecified atom stereocenters. The molecule has 0 bridgehead atoms. The van der Waals surface area contributed by atoms with Gasteiger partial charge in [0.1, 0.15) is 18.3 Å². The minimum atomic E-state index is -5.11. The predicted octanol–water partition coefficient (Wildman–Crippen LogP) is -2.58. The first-order valence-corrected chi connectivity index (χ1v) is 9.24. The summed E-state index contributed by atoms with van der Waals surface area (Å²) in [6.45, 7) is -0.0476. The molecule has 0 aliphatic carbocycles. The fourth-order valence-corrected chi connectivity index (χ4v) is 3.58. The number of hydrogen-bond donors (Lipinski definition) is 6. The average molecular weight is 436 g/mol. The summed E-state index contributed by atoms with van der Waals surface area (Å²) in [7, 11) is -5.04. The van der Waals surface area contributed by atoms with Crippen molar-refractivity contribution in [3.63, 3.8) is 0 Å². The number of aliphatic hydroxyl groups is 3. The zero-order valence-corrected chi connectivity index (χ0v) is 15.1. The molecule has 0 saturated carbocycles. The molecule has 0 fully saturated rings. The van der Waals surface area contributed by atoms with Gasteiger partial charge in [0.05, 0.1) is 18.7 Å². The minimum absolute atomic E-state index is 0.603. The van der Waals surface area contributed by atoms with E-state index in [4.69, 9.17) is 14.9 Å². The van der Waals surface area contributed by atoms with Gasteiger partial charge in [0.15, 0.2) is 5.75 Å². The highest BCUT2D eigenvalue weighted by atomic mass is 32.2. The normalized spacial score (nSPS) is 25.2. The zero-order valence-electron chi connectivity index (χ0n) is 14.3. The number of halogens is 3. The number of ether oxygens (including phenoxy) is 1. The molecule has 6 N–H and O–H groups in total. The number of aliphatic hydroxyl groups excluding tert-OH is 3. The summed E-state index contributed by atoms with van der Waals surface area (Å²) in [5.41, 5.74) is 0. The Hall–Kier alpha value is -1.94. The van der Waals surface area contributed by atoms with Crippen LogP contribution in [0.3, 0.4) is 0 Å². The second-order valence-electron chi connectivity index (χ2n) is 5.90. The lowest BCUT2D eigenvalue weighted by Gasteiger charge is -2.39. The molecule has 0 saturated heterocycles. The number of hydrogen-bond acceptors (Lipinski definition) is 8. The number of carbonyl (C=O) groups excluding carboxylic acids is 1. The Bertz CT molecular complexity index is 725. The molecule has 0 spiro atoms. The van der Waals surface area contributed by atoms with Crippen LogP contribution in [-0.4, -0.2) is 89.7 Å². The molecule has 1 rings (SSSR count). The minimum Gasteiger partial charge on any atom is -0.478 e. The average Bonchev–Trinajstić information content (AvgIpc) is 2.51. The second-order valence-corrected chi connectivity index (χ2v) is 7.66. The quantitative estimate of drug-likeness (QED) is 0.238. The van der Waals surface area contributed by atoms with Crippen LogP contribution in [0.25, 0.3) is 0 Å². The summed E-state index contributed by atoms with van der Waals surface area (Å²) in [5, 5.41) is 39.8. The van der Waals surface area contributed by atoms with Gasteiger partial charge in [0, 0.05) is 6.92 Å². The first-order valence-electron chi connectivity index (χ1n) is 7.59. The Balaban J connectivity index is 3.34. The van der Waals surface area contributed by atoms with Crippen molar-refractivity contribution in [2.75, 3.05) is 12.4 Å². The predicted molar refractivity (Wildman–Crippen MR) is 84.1 cm³/mol. The van der Waals surface area contributed by atoms with Crippen molar-refractivity contribution in [1.29, 1.82) is 0 Å². The Kier molecular flexibility index (Phi) is 7.78. The highest BCUT2D eigenvalue weighted by molar-refractivity contribution is 7.89. The first kappa shape index (κ1) is 24.1. The molecule has 0 radical (unpaired) electrons. The van der Waals surface area contributed by atoms with Gasteiger partial charge in [0.25, 0.3) is 0 Å². The fourth-order valence-electron chi connectivity index (χ4n) is 2.44. The van der Waals surface area contributed by atoms with E-state index in [1.165, 1.54) is 0 Å². The van der Waals surface area contributed by atoms with E-state index in [2.05, 4.69) is 5.32 Å². The van der Waals surface area contributed by atoms with Gasteiger partial charge in [-0.05, 0) is 6.08 Å². The number of aliphatic carboxylic acids is 1. The third-order valence-electron chi connectivity index (χ3n) is 3.50. The standard InChI is InChI=1S/C13H19F3N2O9S/c1-5(20)17-9-6(18-28(25,26)4-13(14,15)16)2-8(12(23)24)27-11(9)10(22)7(21)3-19/h2,6-7,9-11,18-19,21-22H,3-4H2,1H3,(H,17,20)(H,23,24)/t6-,7?,9+,10+,11+/m0/s1. The van der Waals surface area contributed by atoms with Crippen LogP contribution in [0.5, 0.6) is 0 Å². The van der Waals surface area contributed by atoms with Crippen molar-refractivity contribution >= 4 is 21.9 Å². The van der Waals surface area contributed by atoms with Crippen LogP contribution in [0.1, 0.15) is 6.92 Å². The van der Waals surface area contributed by atoms with Crippen LogP contribution < -0.4 is 10.0 Å². The van der Waals surface area contributed by atoms with Crippen molar-refractivity contribution in [3.8, 4) is 0 Å². The fraction of sp³-hybridized carbons (Fsp3) is 0.692. The van der Waals surface area contributed by atoms with Crippen LogP contribution in [-0.2, 0) is 24.3 Å². The number of carboxylic acid groups (broad SMARTS) is 1. The molecule has 0 aromatic rings. The van der Waals surface area contributed by atoms with Crippen LogP contribution >= 0.6 is 0 Å². The van der Waals surface area contributed by atoms with Gasteiger partial charge in [-0.15, -0.1) is 0 Å². The van der Waals surface area contributed by atoms with E-state index in [1.54, 1.807) is 4.72 Å². The monoisotopic (exact) mass is 436 g/mol. The number of carboxylic acids is 1. The summed E-state index contributed by atoms with van der Waals surface area (Å²) in [4.78, 5) is 22.6. The van der Waals surface area contributed by atoms with Crippen LogP contribution in [0.15, 0.2) is 11.8 Å². The molecule has 1 aliphatic rings. The van der Waals surface area contributed by atoms with Gasteiger partial charge in [-0.3, -0.25) is 4.79 Å². The maximum atomic E-state index is 12.5. The highest BCUT2D eigenvalue weighted by Gasteiger charge is 2.46. The smallest absolute Gasteiger partial charge is 0.404 e. The van der Waals surface area contributed by atoms with Gasteiger partial charge in [-0.2, -0.15) is 13.2 Å². The Morgan fingerprint density at radius 2 is 1.89 bits per heavy atom. The van der Waals surface area contributed by atoms with Gasteiger partial charge in [0.2, 0.25) is 21.7 Å². The summed E-state index contributed by atoms with van der Waals surface area (Å²) in [6.07, 6.45) is -10.2. The lowest BCUT2D eigenvalue weighted by molar-refractivity contribution is -0.146. The summed E-state index contributed by atoms with van der Waals surface area (Å²) < 4.78 is 67.5. The number of nitrogens with one attached hydrogen (secondary N) is 2. The number of amides is 1. The van der Waals surface area contributed by atoms with Crippen molar-refractivity contribution in [1.82, 2.24) is 10.0 Å². The molecule has 1 amide bonds. The zero-order chi connectivity index (χ0) is 21.9. The molecule has 15 heteroatoms. The molecule has 0 aromatic carbocycles. The van der Waals surface area contributed by atoms with E-state index < -0.39 is 76.6 Å². The molecule has 5 atom stereocenters. The number of rotatable bonds is 8. The van der Waals surface area contributed by atoms with Crippen molar-refractivity contribution in [2.45, 2.75) is 43.5 Å². The third-order valence-corrected chi connectivity index (χ3v) is 4.84. The van der Waals surface area contributed by atoms with Crippen molar-refractivity contribution < 1.29 is 56.3 Å². The summed E-state index contributed by atoms with van der Waals surface area (Å²) in [5.74, 6) is -5.81. The van der Waals surface area contributed by atoms with E-state index in [9.17, 15) is 41.4 Å². The van der Waals surface area contributed by atoms with Gasteiger partial charge in [-0.25, -0.2) is 17.9 Å². The van der Waals surface area contributed by atoms with Crippen LogP contribution in [0, 0.1) is 0 Å². The molecule has 1 heterocycles. The van der Waals surface area contributed by atoms with E-state index in [1.807, 2.05) is 0 Å². The molecule has 1 aliphatic heterocycles. The van der Waals surface area contributed by atoms with Crippen LogP contribution in [0.2, 0.25) is 0 Å². The van der Waals surface area contributed by atoms with Crippen LogP contribution in [0.4, 0.5) is 13.2 Å². The van der Waals surface area contributed by atoms with E-state index in [-0.39, 0.29) is 0 Å². The van der Waals surface area contributed by atoms with Gasteiger partial charge < -0.3 is 30.5 Å². The van der Waals surface area contributed by atoms with E-state index >= 15 is 0 Å². The van der Waals surface area contributed by atoms with E-state index in [0.717, 1.165) is 6.92 Å². The lowest BCUT2D eigenvalue weighted by Crippen LogP contribution is -2.63. The molecule has 28 heavy (non-hydrogen) atoms. The maximum absolute atomic E-state index is 12.5. The molecule has 0 aromatic heterocycles. The van der Waals surface area contributed by atoms with Gasteiger partial charge >= 0.3 is 12.1 Å². The molecular weight excluding hydrogens is 417 g/mol. The second kappa shape index (κ2) is 9.04. The van der Waals surface area contributed by atoms with E-state index in [0.29, 0.717) is 6.08 Å². The molecule has 11 nitrogen and oxygen atoms in total. The Labute approximate surface area is 156 Å². The Morgan fingerprint density at radius 1 is 1.32 bits per heavy atom. The molecular formula is C13H19F3N2O9S. The SMILES string of the molecule is CC(=O)N[C@H]1[C@H]([C@H](O)C(O)CO)OC(C(=O)O)=C[C@@H]1NS(=O)(=O)CC(F)(F)F. The largest absolute Gasteiger partial charge is 0.478 e. The van der Waals surface area contributed by atoms with Crippen molar-refractivity contribution in [3.05, 3.63) is 11.8 Å². The number of carbonyl (C=O) groups is 2. The first-order chi connectivity index (χ1) is 12.7. The van der Waals surface area contributed by atoms with Crippen molar-refractivity contribution in [2.24, 2.45) is 0 Å². The summed E-state index contributed by atoms with van der Waals surface area (Å²) in [6, 6.07) is -3.39. The third kappa shape index (κ3) is 6.90. The number of alkyl halides is 3. The molecule has 162 valence electrons. The summed E-state index contributed by atoms with van der Waals surface area (Å²) >= 11 is 0. The van der Waals surface area contributed by atoms with Gasteiger partial charge in [-0.1, -0.05) is 0 Å². The number of sulfonamides is 1. The topological polar surface area (TPSA) is 182 Å². The highest BCUT2D eigenvalue weighted by Crippen LogP contribution is 2.24. The lowest BCUT2D eigenvalue weighted by atomic mass is 9.92. The Morgan fingerprint density at radius 3 is 2.32 bits per heavy atom.